The first kappa shape index (κ1) is 14.6. The fraction of sp³-hybridized carbons (Fsp3) is 0.250. The minimum absolute atomic E-state index is 0.359. The minimum atomic E-state index is -3.46. The molecule has 1 heterocycles. The Hall–Kier alpha value is -1.33. The van der Waals surface area contributed by atoms with E-state index < -0.39 is 10.0 Å². The maximum atomic E-state index is 12.8. The van der Waals surface area contributed by atoms with E-state index in [4.69, 9.17) is 0 Å². The molecule has 0 bridgehead atoms. The molecule has 0 saturated carbocycles. The molecular formula is C16H16BrNO2S. The monoisotopic (exact) mass is 365 g/mol. The fourth-order valence-electron chi connectivity index (χ4n) is 2.62. The number of hydrogen-bond acceptors (Lipinski definition) is 2. The molecule has 5 heteroatoms. The number of para-hydroxylation sites is 1. The topological polar surface area (TPSA) is 37.4 Å². The van der Waals surface area contributed by atoms with E-state index in [2.05, 4.69) is 15.9 Å². The molecule has 0 fully saturated rings. The normalized spacial score (nSPS) is 14.2. The van der Waals surface area contributed by atoms with Crippen molar-refractivity contribution in [2.24, 2.45) is 0 Å². The molecule has 1 aliphatic rings. The molecule has 0 radical (unpaired) electrons. The number of hydrogen-bond donors (Lipinski definition) is 0. The SMILES string of the molecule is O=S(=O)(c1ccc(CCBr)cc1)N1CCc2ccccc21. The highest BCUT2D eigenvalue weighted by Gasteiger charge is 2.30. The van der Waals surface area contributed by atoms with Gasteiger partial charge in [0, 0.05) is 11.9 Å². The Bertz CT molecular complexity index is 741. The Labute approximate surface area is 133 Å². The van der Waals surface area contributed by atoms with Gasteiger partial charge in [-0.05, 0) is 42.2 Å². The number of rotatable bonds is 4. The van der Waals surface area contributed by atoms with E-state index in [0.29, 0.717) is 11.4 Å². The molecule has 0 atom stereocenters. The molecule has 0 N–H and O–H groups in total. The Kier molecular flexibility index (Phi) is 4.04. The molecule has 0 amide bonds. The van der Waals surface area contributed by atoms with Crippen LogP contribution in [0.4, 0.5) is 5.69 Å². The molecule has 3 nitrogen and oxygen atoms in total. The number of sulfonamides is 1. The van der Waals surface area contributed by atoms with Gasteiger partial charge in [-0.1, -0.05) is 46.3 Å². The predicted molar refractivity (Wildman–Crippen MR) is 88.6 cm³/mol. The second-order valence-electron chi connectivity index (χ2n) is 5.04. The van der Waals surface area contributed by atoms with Crippen LogP contribution in [-0.4, -0.2) is 20.3 Å². The molecule has 2 aromatic carbocycles. The maximum absolute atomic E-state index is 12.8. The van der Waals surface area contributed by atoms with E-state index in [0.717, 1.165) is 35.0 Å². The average molecular weight is 366 g/mol. The van der Waals surface area contributed by atoms with Gasteiger partial charge in [0.2, 0.25) is 0 Å². The van der Waals surface area contributed by atoms with Crippen molar-refractivity contribution < 1.29 is 8.42 Å². The quantitative estimate of drug-likeness (QED) is 0.778. The Morgan fingerprint density at radius 2 is 1.76 bits per heavy atom. The molecule has 0 spiro atoms. The van der Waals surface area contributed by atoms with E-state index in [9.17, 15) is 8.42 Å². The summed E-state index contributed by atoms with van der Waals surface area (Å²) in [7, 11) is -3.46. The van der Waals surface area contributed by atoms with Crippen LogP contribution in [0.5, 0.6) is 0 Å². The van der Waals surface area contributed by atoms with E-state index in [-0.39, 0.29) is 0 Å². The van der Waals surface area contributed by atoms with Crippen LogP contribution in [0.1, 0.15) is 11.1 Å². The summed E-state index contributed by atoms with van der Waals surface area (Å²) < 4.78 is 27.1. The van der Waals surface area contributed by atoms with Crippen LogP contribution < -0.4 is 4.31 Å². The number of nitrogens with zero attached hydrogens (tertiary/aromatic N) is 1. The third-order valence-electron chi connectivity index (χ3n) is 3.74. The fourth-order valence-corrected chi connectivity index (χ4v) is 4.58. The second kappa shape index (κ2) is 5.81. The van der Waals surface area contributed by atoms with Gasteiger partial charge in [0.15, 0.2) is 0 Å². The van der Waals surface area contributed by atoms with Crippen LogP contribution in [-0.2, 0) is 22.9 Å². The number of alkyl halides is 1. The second-order valence-corrected chi connectivity index (χ2v) is 7.69. The summed E-state index contributed by atoms with van der Waals surface area (Å²) in [6, 6.07) is 14.9. The Morgan fingerprint density at radius 1 is 1.05 bits per heavy atom. The molecule has 3 rings (SSSR count). The smallest absolute Gasteiger partial charge is 0.264 e. The van der Waals surface area contributed by atoms with E-state index in [1.165, 1.54) is 4.31 Å². The standard InChI is InChI=1S/C16H16BrNO2S/c17-11-9-13-5-7-15(8-6-13)21(19,20)18-12-10-14-3-1-2-4-16(14)18/h1-8H,9-12H2. The number of anilines is 1. The van der Waals surface area contributed by atoms with Gasteiger partial charge in [-0.25, -0.2) is 8.42 Å². The van der Waals surface area contributed by atoms with Crippen LogP contribution in [0.25, 0.3) is 0 Å². The van der Waals surface area contributed by atoms with Crippen molar-refractivity contribution in [2.75, 3.05) is 16.2 Å². The lowest BCUT2D eigenvalue weighted by atomic mass is 10.2. The zero-order valence-corrected chi connectivity index (χ0v) is 13.9. The van der Waals surface area contributed by atoms with Gasteiger partial charge in [-0.3, -0.25) is 4.31 Å². The van der Waals surface area contributed by atoms with Gasteiger partial charge in [-0.2, -0.15) is 0 Å². The van der Waals surface area contributed by atoms with Crippen molar-refractivity contribution in [3.8, 4) is 0 Å². The molecule has 2 aromatic rings. The third-order valence-corrected chi connectivity index (χ3v) is 5.96. The first-order valence-corrected chi connectivity index (χ1v) is 9.44. The summed E-state index contributed by atoms with van der Waals surface area (Å²) in [5, 5.41) is 0.874. The maximum Gasteiger partial charge on any atom is 0.264 e. The van der Waals surface area contributed by atoms with Crippen molar-refractivity contribution in [3.63, 3.8) is 0 Å². The van der Waals surface area contributed by atoms with Crippen LogP contribution in [0.2, 0.25) is 0 Å². The molecule has 21 heavy (non-hydrogen) atoms. The molecule has 110 valence electrons. The number of halogens is 1. The lowest BCUT2D eigenvalue weighted by Crippen LogP contribution is -2.29. The molecular weight excluding hydrogens is 350 g/mol. The van der Waals surface area contributed by atoms with Gasteiger partial charge in [0.1, 0.15) is 0 Å². The van der Waals surface area contributed by atoms with Crippen molar-refractivity contribution in [1.29, 1.82) is 0 Å². The van der Waals surface area contributed by atoms with E-state index in [1.54, 1.807) is 12.1 Å². The third kappa shape index (κ3) is 2.72. The number of fused-ring (bicyclic) bond motifs is 1. The average Bonchev–Trinajstić information content (AvgIpc) is 2.93. The predicted octanol–water partition coefficient (Wildman–Crippen LogP) is 3.38. The molecule has 0 unspecified atom stereocenters. The number of benzene rings is 2. The van der Waals surface area contributed by atoms with Crippen LogP contribution in [0, 0.1) is 0 Å². The Morgan fingerprint density at radius 3 is 2.48 bits per heavy atom. The largest absolute Gasteiger partial charge is 0.266 e. The zero-order chi connectivity index (χ0) is 14.9. The van der Waals surface area contributed by atoms with Crippen LogP contribution in [0.3, 0.4) is 0 Å². The Balaban J connectivity index is 1.94. The zero-order valence-electron chi connectivity index (χ0n) is 11.5. The van der Waals surface area contributed by atoms with Crippen molar-refractivity contribution in [2.45, 2.75) is 17.7 Å². The summed E-state index contributed by atoms with van der Waals surface area (Å²) in [6.45, 7) is 0.519. The summed E-state index contributed by atoms with van der Waals surface area (Å²) >= 11 is 3.39. The summed E-state index contributed by atoms with van der Waals surface area (Å²) in [5.41, 5.74) is 3.03. The first-order chi connectivity index (χ1) is 10.1. The van der Waals surface area contributed by atoms with Crippen molar-refractivity contribution in [1.82, 2.24) is 0 Å². The van der Waals surface area contributed by atoms with Crippen molar-refractivity contribution in [3.05, 3.63) is 59.7 Å². The van der Waals surface area contributed by atoms with Crippen LogP contribution in [0.15, 0.2) is 53.4 Å². The van der Waals surface area contributed by atoms with E-state index >= 15 is 0 Å². The van der Waals surface area contributed by atoms with Gasteiger partial charge in [0.05, 0.1) is 10.6 Å². The van der Waals surface area contributed by atoms with Gasteiger partial charge in [-0.15, -0.1) is 0 Å². The van der Waals surface area contributed by atoms with Gasteiger partial charge in [0.25, 0.3) is 10.0 Å². The van der Waals surface area contributed by atoms with Crippen LogP contribution >= 0.6 is 15.9 Å². The minimum Gasteiger partial charge on any atom is -0.266 e. The first-order valence-electron chi connectivity index (χ1n) is 6.88. The highest BCUT2D eigenvalue weighted by Crippen LogP contribution is 2.32. The summed E-state index contributed by atoms with van der Waals surface area (Å²) in [4.78, 5) is 0.359. The highest BCUT2D eigenvalue weighted by molar-refractivity contribution is 9.09. The van der Waals surface area contributed by atoms with E-state index in [1.807, 2.05) is 36.4 Å². The summed E-state index contributed by atoms with van der Waals surface area (Å²) in [5.74, 6) is 0. The summed E-state index contributed by atoms with van der Waals surface area (Å²) in [6.07, 6.45) is 1.67. The lowest BCUT2D eigenvalue weighted by molar-refractivity contribution is 0.592. The van der Waals surface area contributed by atoms with Gasteiger partial charge >= 0.3 is 0 Å². The molecule has 0 aromatic heterocycles. The number of aryl methyl sites for hydroxylation is 1. The molecule has 0 saturated heterocycles. The highest BCUT2D eigenvalue weighted by atomic mass is 79.9. The van der Waals surface area contributed by atoms with Gasteiger partial charge < -0.3 is 0 Å². The lowest BCUT2D eigenvalue weighted by Gasteiger charge is -2.19. The molecule has 1 aliphatic heterocycles. The molecule has 0 aliphatic carbocycles. The van der Waals surface area contributed by atoms with Crippen molar-refractivity contribution >= 4 is 31.6 Å².